The van der Waals surface area contributed by atoms with Gasteiger partial charge in [-0.25, -0.2) is 9.59 Å². The summed E-state index contributed by atoms with van der Waals surface area (Å²) in [5.74, 6) is -1.28. The van der Waals surface area contributed by atoms with Crippen LogP contribution in [-0.2, 0) is 6.61 Å². The first-order chi connectivity index (χ1) is 21.6. The average molecular weight is 605 g/mol. The van der Waals surface area contributed by atoms with Gasteiger partial charge in [-0.15, -0.1) is 0 Å². The molecule has 0 aliphatic rings. The van der Waals surface area contributed by atoms with E-state index in [0.29, 0.717) is 39.0 Å². The highest BCUT2D eigenvalue weighted by Crippen LogP contribution is 2.44. The third kappa shape index (κ3) is 5.29. The zero-order valence-electron chi connectivity index (χ0n) is 25.6. The molecule has 0 unspecified atom stereocenters. The first-order valence-electron chi connectivity index (χ1n) is 14.5. The summed E-state index contributed by atoms with van der Waals surface area (Å²) in [7, 11) is 1.48. The highest BCUT2D eigenvalue weighted by atomic mass is 16.5. The van der Waals surface area contributed by atoms with Gasteiger partial charge in [0.25, 0.3) is 0 Å². The maximum absolute atomic E-state index is 13.8. The second-order valence-electron chi connectivity index (χ2n) is 11.3. The average Bonchev–Trinajstić information content (AvgIpc) is 3.01. The molecule has 6 rings (SSSR count). The molecule has 228 valence electrons. The minimum atomic E-state index is -1.30. The molecule has 0 amide bonds. The summed E-state index contributed by atoms with van der Waals surface area (Å²) < 4.78 is 23.2. The lowest BCUT2D eigenvalue weighted by molar-refractivity contribution is 0.284. The summed E-state index contributed by atoms with van der Waals surface area (Å²) >= 11 is 0. The van der Waals surface area contributed by atoms with Gasteiger partial charge in [0.05, 0.1) is 34.9 Å². The molecule has 6 aromatic rings. The topological polar surface area (TPSA) is 119 Å². The van der Waals surface area contributed by atoms with Crippen LogP contribution in [0.4, 0.5) is 0 Å². The van der Waals surface area contributed by atoms with Gasteiger partial charge in [0.15, 0.2) is 11.5 Å². The van der Waals surface area contributed by atoms with Gasteiger partial charge in [0, 0.05) is 0 Å². The fourth-order valence-electron chi connectivity index (χ4n) is 6.02. The normalized spacial score (nSPS) is 11.4. The summed E-state index contributed by atoms with van der Waals surface area (Å²) in [5.41, 5.74) is 2.62. The Morgan fingerprint density at radius 1 is 0.689 bits per heavy atom. The van der Waals surface area contributed by atoms with Gasteiger partial charge in [0.2, 0.25) is 0 Å². The van der Waals surface area contributed by atoms with Gasteiger partial charge in [-0.05, 0) is 85.3 Å². The van der Waals surface area contributed by atoms with Crippen molar-refractivity contribution in [3.63, 3.8) is 0 Å². The molecule has 8 nitrogen and oxygen atoms in total. The van der Waals surface area contributed by atoms with Crippen LogP contribution in [0.3, 0.4) is 0 Å². The highest BCUT2D eigenvalue weighted by molar-refractivity contribution is 5.90. The van der Waals surface area contributed by atoms with E-state index in [2.05, 4.69) is 0 Å². The number of hydrogen-bond donors (Lipinski definition) is 2. The molecular weight excluding hydrogens is 572 g/mol. The monoisotopic (exact) mass is 604 g/mol. The van der Waals surface area contributed by atoms with E-state index < -0.39 is 17.2 Å². The van der Waals surface area contributed by atoms with Crippen LogP contribution in [-0.4, -0.2) is 17.3 Å². The number of ether oxygens (including phenoxy) is 2. The highest BCUT2D eigenvalue weighted by Gasteiger charge is 2.33. The van der Waals surface area contributed by atoms with Gasteiger partial charge in [-0.3, -0.25) is 0 Å². The zero-order chi connectivity index (χ0) is 32.0. The zero-order valence-corrected chi connectivity index (χ0v) is 25.6. The SMILES string of the molecule is COc1cc(C(c2c(O)c3cc(C)cc(C)c3oc2=O)c2c(O)c3cc(C)cc(C)c3oc2=O)ccc1OCc1ccccc1. The fraction of sp³-hybridized carbons (Fsp3) is 0.189. The minimum absolute atomic E-state index is 0.223. The molecule has 0 atom stereocenters. The molecule has 0 aliphatic carbocycles. The Balaban J connectivity index is 1.62. The van der Waals surface area contributed by atoms with E-state index in [1.165, 1.54) is 7.11 Å². The van der Waals surface area contributed by atoms with Crippen molar-refractivity contribution < 1.29 is 28.5 Å². The predicted octanol–water partition coefficient (Wildman–Crippen LogP) is 7.31. The molecule has 0 saturated carbocycles. The summed E-state index contributed by atoms with van der Waals surface area (Å²) in [6.45, 7) is 7.56. The van der Waals surface area contributed by atoms with Crippen LogP contribution in [0.1, 0.15) is 50.4 Å². The van der Waals surface area contributed by atoms with Crippen molar-refractivity contribution in [2.45, 2.75) is 40.2 Å². The van der Waals surface area contributed by atoms with Crippen LogP contribution in [0.15, 0.2) is 91.2 Å². The number of benzene rings is 4. The van der Waals surface area contributed by atoms with E-state index in [0.717, 1.165) is 16.7 Å². The molecule has 0 bridgehead atoms. The minimum Gasteiger partial charge on any atom is -0.507 e. The van der Waals surface area contributed by atoms with Crippen LogP contribution < -0.4 is 20.7 Å². The van der Waals surface area contributed by atoms with Crippen molar-refractivity contribution in [1.82, 2.24) is 0 Å². The molecule has 2 N–H and O–H groups in total. The molecule has 2 aromatic heterocycles. The van der Waals surface area contributed by atoms with E-state index in [-0.39, 0.29) is 40.4 Å². The Hall–Kier alpha value is -5.50. The van der Waals surface area contributed by atoms with E-state index in [1.807, 2.05) is 56.3 Å². The molecule has 8 heteroatoms. The second-order valence-corrected chi connectivity index (χ2v) is 11.3. The predicted molar refractivity (Wildman–Crippen MR) is 172 cm³/mol. The Kier molecular flexibility index (Phi) is 7.58. The van der Waals surface area contributed by atoms with Crippen molar-refractivity contribution in [1.29, 1.82) is 0 Å². The Labute approximate surface area is 258 Å². The molecule has 4 aromatic carbocycles. The summed E-state index contributed by atoms with van der Waals surface area (Å²) in [6.07, 6.45) is 0. The summed E-state index contributed by atoms with van der Waals surface area (Å²) in [5, 5.41) is 24.0. The molecular formula is C37H32O8. The third-order valence-electron chi connectivity index (χ3n) is 8.02. The Morgan fingerprint density at radius 2 is 1.22 bits per heavy atom. The molecule has 0 fully saturated rings. The first kappa shape index (κ1) is 29.6. The maximum atomic E-state index is 13.8. The third-order valence-corrected chi connectivity index (χ3v) is 8.02. The quantitative estimate of drug-likeness (QED) is 0.182. The van der Waals surface area contributed by atoms with Gasteiger partial charge < -0.3 is 28.5 Å². The van der Waals surface area contributed by atoms with Crippen LogP contribution in [0.25, 0.3) is 21.9 Å². The van der Waals surface area contributed by atoms with E-state index in [4.69, 9.17) is 18.3 Å². The van der Waals surface area contributed by atoms with E-state index in [1.54, 1.807) is 44.2 Å². The molecule has 2 heterocycles. The number of methoxy groups -OCH3 is 1. The first-order valence-corrected chi connectivity index (χ1v) is 14.5. The lowest BCUT2D eigenvalue weighted by atomic mass is 9.84. The number of fused-ring (bicyclic) bond motifs is 2. The maximum Gasteiger partial charge on any atom is 0.344 e. The van der Waals surface area contributed by atoms with Crippen LogP contribution in [0.5, 0.6) is 23.0 Å². The van der Waals surface area contributed by atoms with Crippen LogP contribution in [0, 0.1) is 27.7 Å². The number of aromatic hydroxyl groups is 2. The summed E-state index contributed by atoms with van der Waals surface area (Å²) in [6, 6.07) is 21.6. The van der Waals surface area contributed by atoms with E-state index >= 15 is 0 Å². The molecule has 45 heavy (non-hydrogen) atoms. The summed E-state index contributed by atoms with van der Waals surface area (Å²) in [4.78, 5) is 27.5. The van der Waals surface area contributed by atoms with Gasteiger partial charge in [-0.1, -0.05) is 48.5 Å². The molecule has 0 aliphatic heterocycles. The number of rotatable bonds is 7. The smallest absolute Gasteiger partial charge is 0.344 e. The van der Waals surface area contributed by atoms with Crippen LogP contribution >= 0.6 is 0 Å². The largest absolute Gasteiger partial charge is 0.507 e. The van der Waals surface area contributed by atoms with Crippen molar-refractivity contribution in [2.75, 3.05) is 7.11 Å². The van der Waals surface area contributed by atoms with Crippen LogP contribution in [0.2, 0.25) is 0 Å². The number of aryl methyl sites for hydroxylation is 4. The van der Waals surface area contributed by atoms with Gasteiger partial charge in [0.1, 0.15) is 29.3 Å². The lowest BCUT2D eigenvalue weighted by Crippen LogP contribution is -2.21. The lowest BCUT2D eigenvalue weighted by Gasteiger charge is -2.21. The number of hydrogen-bond acceptors (Lipinski definition) is 8. The van der Waals surface area contributed by atoms with Crippen molar-refractivity contribution >= 4 is 21.9 Å². The van der Waals surface area contributed by atoms with Crippen molar-refractivity contribution in [3.8, 4) is 23.0 Å². The van der Waals surface area contributed by atoms with E-state index in [9.17, 15) is 19.8 Å². The van der Waals surface area contributed by atoms with Crippen molar-refractivity contribution in [2.24, 2.45) is 0 Å². The second kappa shape index (κ2) is 11.5. The molecule has 0 saturated heterocycles. The standard InChI is InChI=1S/C37H32O8/c1-19-13-21(3)34-25(15-19)32(38)30(36(40)44-34)29(31-33(39)26-16-20(2)14-22(4)35(26)45-37(31)41)24-11-12-27(28(17-24)42-5)43-18-23-9-7-6-8-10-23/h6-17,29,38-39H,18H2,1-5H3. The Morgan fingerprint density at radius 3 is 1.73 bits per heavy atom. The van der Waals surface area contributed by atoms with Gasteiger partial charge in [-0.2, -0.15) is 0 Å². The van der Waals surface area contributed by atoms with Gasteiger partial charge >= 0.3 is 11.3 Å². The van der Waals surface area contributed by atoms with Crippen molar-refractivity contribution in [3.05, 3.63) is 138 Å². The molecule has 0 spiro atoms. The molecule has 0 radical (unpaired) electrons. The Bertz CT molecular complexity index is 2100. The fourth-order valence-corrected chi connectivity index (χ4v) is 6.02.